The van der Waals surface area contributed by atoms with E-state index in [1.54, 1.807) is 12.1 Å². The van der Waals surface area contributed by atoms with Gasteiger partial charge in [0, 0.05) is 18.3 Å². The number of carboxylic acids is 2. The molecule has 2 aromatic rings. The number of aliphatic carboxylic acids is 2. The molecule has 1 heterocycles. The highest BCUT2D eigenvalue weighted by Crippen LogP contribution is 2.11. The van der Waals surface area contributed by atoms with Gasteiger partial charge in [-0.05, 0) is 49.9 Å². The average Bonchev–Trinajstić information content (AvgIpc) is 3.41. The van der Waals surface area contributed by atoms with Gasteiger partial charge in [0.1, 0.15) is 23.9 Å². The van der Waals surface area contributed by atoms with Crippen molar-refractivity contribution in [3.63, 3.8) is 0 Å². The van der Waals surface area contributed by atoms with Crippen molar-refractivity contribution in [1.29, 1.82) is 0 Å². The first-order chi connectivity index (χ1) is 19.0. The molecule has 0 bridgehead atoms. The fourth-order valence-corrected chi connectivity index (χ4v) is 3.76. The summed E-state index contributed by atoms with van der Waals surface area (Å²) >= 11 is 0. The topological polar surface area (TPSA) is 263 Å². The van der Waals surface area contributed by atoms with E-state index in [0.717, 1.165) is 0 Å². The summed E-state index contributed by atoms with van der Waals surface area (Å²) in [5.74, 6) is -5.23. The number of carboxylic acid groups (broad SMARTS) is 2. The number of nitrogens with zero attached hydrogens (tertiary/aromatic N) is 1. The second-order valence-corrected chi connectivity index (χ2v) is 9.16. The van der Waals surface area contributed by atoms with Crippen molar-refractivity contribution in [2.24, 2.45) is 11.5 Å². The van der Waals surface area contributed by atoms with Crippen LogP contribution in [0.5, 0.6) is 5.75 Å². The maximum absolute atomic E-state index is 13.1. The van der Waals surface area contributed by atoms with E-state index >= 15 is 0 Å². The Hall–Kier alpha value is -4.50. The number of H-pyrrole nitrogens is 1. The summed E-state index contributed by atoms with van der Waals surface area (Å²) in [7, 11) is 0. The van der Waals surface area contributed by atoms with Gasteiger partial charge in [-0.15, -0.1) is 0 Å². The zero-order valence-corrected chi connectivity index (χ0v) is 21.7. The monoisotopic (exact) mass is 561 g/mol. The maximum Gasteiger partial charge on any atom is 0.326 e. The minimum atomic E-state index is -1.57. The number of phenols is 1. The van der Waals surface area contributed by atoms with E-state index in [1.807, 2.05) is 0 Å². The molecule has 1 aromatic heterocycles. The molecule has 0 saturated carbocycles. The number of hydrogen-bond acceptors (Lipinski definition) is 9. The van der Waals surface area contributed by atoms with Gasteiger partial charge in [-0.3, -0.25) is 19.2 Å². The molecule has 15 heteroatoms. The van der Waals surface area contributed by atoms with Crippen molar-refractivity contribution in [1.82, 2.24) is 25.9 Å². The molecular weight excluding hydrogens is 526 g/mol. The van der Waals surface area contributed by atoms with Crippen LogP contribution in [0.3, 0.4) is 0 Å². The lowest BCUT2D eigenvalue weighted by Crippen LogP contribution is -2.57. The summed E-state index contributed by atoms with van der Waals surface area (Å²) in [5, 5.41) is 35.4. The van der Waals surface area contributed by atoms with E-state index < -0.39 is 60.2 Å². The number of rotatable bonds is 17. The summed E-state index contributed by atoms with van der Waals surface area (Å²) in [6, 6.07) is 0.671. The molecule has 1 aromatic carbocycles. The zero-order chi connectivity index (χ0) is 29.7. The van der Waals surface area contributed by atoms with E-state index in [2.05, 4.69) is 25.9 Å². The molecule has 15 nitrogen and oxygen atoms in total. The predicted molar refractivity (Wildman–Crippen MR) is 141 cm³/mol. The van der Waals surface area contributed by atoms with Crippen LogP contribution in [0.2, 0.25) is 0 Å². The number of amides is 3. The minimum absolute atomic E-state index is 0.0287. The summed E-state index contributed by atoms with van der Waals surface area (Å²) in [5.41, 5.74) is 12.6. The Balaban J connectivity index is 2.12. The molecule has 0 aliphatic carbocycles. The van der Waals surface area contributed by atoms with E-state index in [0.29, 0.717) is 30.6 Å². The number of benzene rings is 1. The van der Waals surface area contributed by atoms with Crippen LogP contribution < -0.4 is 27.4 Å². The summed E-state index contributed by atoms with van der Waals surface area (Å²) in [4.78, 5) is 68.5. The molecule has 11 N–H and O–H groups in total. The van der Waals surface area contributed by atoms with Gasteiger partial charge in [0.25, 0.3) is 0 Å². The van der Waals surface area contributed by atoms with E-state index in [9.17, 15) is 39.3 Å². The molecule has 3 amide bonds. The van der Waals surface area contributed by atoms with Gasteiger partial charge >= 0.3 is 11.9 Å². The van der Waals surface area contributed by atoms with Crippen LogP contribution in [0.1, 0.15) is 36.9 Å². The molecule has 0 spiro atoms. The Morgan fingerprint density at radius 1 is 0.875 bits per heavy atom. The quantitative estimate of drug-likeness (QED) is 0.0990. The van der Waals surface area contributed by atoms with Gasteiger partial charge in [-0.2, -0.15) is 0 Å². The minimum Gasteiger partial charge on any atom is -0.508 e. The van der Waals surface area contributed by atoms with Gasteiger partial charge < -0.3 is 47.7 Å². The van der Waals surface area contributed by atoms with E-state index in [4.69, 9.17) is 11.5 Å². The molecule has 0 aliphatic heterocycles. The lowest BCUT2D eigenvalue weighted by molar-refractivity contribution is -0.143. The van der Waals surface area contributed by atoms with Gasteiger partial charge in [-0.25, -0.2) is 9.78 Å². The SMILES string of the molecule is NCCCCC(NC(=O)C(CC(=O)O)NC(=O)C(N)Cc1ccc(O)cc1)C(=O)NC(Cc1cnc[nH]1)C(=O)O. The molecule has 40 heavy (non-hydrogen) atoms. The number of aromatic hydroxyl groups is 1. The summed E-state index contributed by atoms with van der Waals surface area (Å²) in [6.07, 6.45) is 2.93. The number of nitrogens with one attached hydrogen (secondary N) is 4. The number of aromatic nitrogens is 2. The summed E-state index contributed by atoms with van der Waals surface area (Å²) in [6.45, 7) is 0.316. The largest absolute Gasteiger partial charge is 0.508 e. The van der Waals surface area contributed by atoms with E-state index in [1.165, 1.54) is 24.7 Å². The first-order valence-electron chi connectivity index (χ1n) is 12.6. The van der Waals surface area contributed by atoms with Crippen molar-refractivity contribution < 1.29 is 39.3 Å². The van der Waals surface area contributed by atoms with Gasteiger partial charge in [0.15, 0.2) is 0 Å². The highest BCUT2D eigenvalue weighted by Gasteiger charge is 2.31. The first kappa shape index (κ1) is 31.7. The number of hydrogen-bond donors (Lipinski definition) is 9. The third-order valence-corrected chi connectivity index (χ3v) is 5.91. The smallest absolute Gasteiger partial charge is 0.326 e. The Morgan fingerprint density at radius 3 is 2.08 bits per heavy atom. The first-order valence-corrected chi connectivity index (χ1v) is 12.6. The summed E-state index contributed by atoms with van der Waals surface area (Å²) < 4.78 is 0. The lowest BCUT2D eigenvalue weighted by atomic mass is 10.0. The van der Waals surface area contributed by atoms with Crippen LogP contribution in [-0.4, -0.2) is 85.7 Å². The van der Waals surface area contributed by atoms with Crippen molar-refractivity contribution in [2.45, 2.75) is 62.7 Å². The van der Waals surface area contributed by atoms with Crippen LogP contribution in [0.15, 0.2) is 36.8 Å². The van der Waals surface area contributed by atoms with Crippen molar-refractivity contribution in [3.8, 4) is 5.75 Å². The fraction of sp³-hybridized carbons (Fsp3) is 0.440. The van der Waals surface area contributed by atoms with Crippen LogP contribution in [0, 0.1) is 0 Å². The third kappa shape index (κ3) is 10.7. The zero-order valence-electron chi connectivity index (χ0n) is 21.7. The highest BCUT2D eigenvalue weighted by molar-refractivity contribution is 5.95. The molecule has 0 radical (unpaired) electrons. The lowest BCUT2D eigenvalue weighted by Gasteiger charge is -2.24. The van der Waals surface area contributed by atoms with Crippen molar-refractivity contribution >= 4 is 29.7 Å². The maximum atomic E-state index is 13.1. The van der Waals surface area contributed by atoms with Gasteiger partial charge in [-0.1, -0.05) is 12.1 Å². The van der Waals surface area contributed by atoms with Gasteiger partial charge in [0.05, 0.1) is 18.8 Å². The van der Waals surface area contributed by atoms with Crippen molar-refractivity contribution in [2.75, 3.05) is 6.54 Å². The molecular formula is C25H35N7O8. The number of carbonyl (C=O) groups excluding carboxylic acids is 3. The predicted octanol–water partition coefficient (Wildman–Crippen LogP) is -1.63. The number of aromatic amines is 1. The molecule has 0 aliphatic rings. The number of nitrogens with two attached hydrogens (primary N) is 2. The molecule has 4 atom stereocenters. The average molecular weight is 562 g/mol. The Labute approximate surface area is 229 Å². The van der Waals surface area contributed by atoms with Crippen LogP contribution in [0.25, 0.3) is 0 Å². The Morgan fingerprint density at radius 2 is 1.50 bits per heavy atom. The van der Waals surface area contributed by atoms with Crippen molar-refractivity contribution in [3.05, 3.63) is 48.0 Å². The molecule has 0 saturated heterocycles. The molecule has 2 rings (SSSR count). The number of phenolic OH excluding ortho intramolecular Hbond substituents is 1. The third-order valence-electron chi connectivity index (χ3n) is 5.91. The second-order valence-electron chi connectivity index (χ2n) is 9.16. The fourth-order valence-electron chi connectivity index (χ4n) is 3.76. The Bertz CT molecular complexity index is 1140. The standard InChI is InChI=1S/C25H35N7O8/c26-8-2-1-3-18(23(37)32-20(25(39)40)10-15-12-28-13-29-15)30-24(38)19(11-21(34)35)31-22(36)17(27)9-14-4-6-16(33)7-5-14/h4-7,12-13,17-20,33H,1-3,8-11,26-27H2,(H,28,29)(H,30,38)(H,31,36)(H,32,37)(H,34,35)(H,39,40). The number of unbranched alkanes of at least 4 members (excludes halogenated alkanes) is 1. The van der Waals surface area contributed by atoms with Crippen LogP contribution >= 0.6 is 0 Å². The number of imidazole rings is 1. The van der Waals surface area contributed by atoms with Gasteiger partial charge in [0.2, 0.25) is 17.7 Å². The second kappa shape index (κ2) is 15.8. The Kier molecular flexibility index (Phi) is 12.5. The molecule has 218 valence electrons. The van der Waals surface area contributed by atoms with Crippen LogP contribution in [-0.2, 0) is 36.8 Å². The van der Waals surface area contributed by atoms with E-state index in [-0.39, 0.29) is 25.0 Å². The highest BCUT2D eigenvalue weighted by atomic mass is 16.4. The molecule has 0 fully saturated rings. The van der Waals surface area contributed by atoms with Crippen LogP contribution in [0.4, 0.5) is 0 Å². The molecule has 4 unspecified atom stereocenters. The normalized spacial score (nSPS) is 13.8. The number of carbonyl (C=O) groups is 5.